The lowest BCUT2D eigenvalue weighted by Crippen LogP contribution is -2.13. The Kier molecular flexibility index (Phi) is 5.91. The maximum atomic E-state index is 12.2. The van der Waals surface area contributed by atoms with Crippen LogP contribution in [0.2, 0.25) is 0 Å². The summed E-state index contributed by atoms with van der Waals surface area (Å²) in [6.45, 7) is 3.77. The van der Waals surface area contributed by atoms with Crippen molar-refractivity contribution in [3.8, 4) is 0 Å². The van der Waals surface area contributed by atoms with Crippen molar-refractivity contribution in [2.45, 2.75) is 18.2 Å². The molecule has 0 atom stereocenters. The molecule has 0 spiro atoms. The lowest BCUT2D eigenvalue weighted by atomic mass is 10.1. The fourth-order valence-electron chi connectivity index (χ4n) is 1.82. The van der Waals surface area contributed by atoms with Crippen LogP contribution in [0.1, 0.15) is 20.9 Å². The van der Waals surface area contributed by atoms with E-state index in [1.165, 1.54) is 34.4 Å². The molecular formula is C15H14N6O2S3. The smallest absolute Gasteiger partial charge is 0.257 e. The van der Waals surface area contributed by atoms with E-state index in [-0.39, 0.29) is 17.6 Å². The lowest BCUT2D eigenvalue weighted by Gasteiger charge is -2.01. The molecule has 2 heterocycles. The summed E-state index contributed by atoms with van der Waals surface area (Å²) < 4.78 is 0.591. The van der Waals surface area contributed by atoms with Gasteiger partial charge in [-0.15, -0.1) is 20.4 Å². The third kappa shape index (κ3) is 5.07. The van der Waals surface area contributed by atoms with E-state index < -0.39 is 0 Å². The maximum absolute atomic E-state index is 12.2. The molecule has 2 N–H and O–H groups in total. The molecule has 0 fully saturated rings. The van der Waals surface area contributed by atoms with E-state index in [2.05, 4.69) is 31.0 Å². The van der Waals surface area contributed by atoms with Crippen molar-refractivity contribution in [1.82, 2.24) is 20.4 Å². The first-order valence-electron chi connectivity index (χ1n) is 7.44. The Balaban J connectivity index is 1.50. The van der Waals surface area contributed by atoms with Gasteiger partial charge in [-0.3, -0.25) is 20.2 Å². The van der Waals surface area contributed by atoms with Crippen molar-refractivity contribution in [3.05, 3.63) is 40.4 Å². The first-order chi connectivity index (χ1) is 12.5. The molecule has 1 aromatic carbocycles. The van der Waals surface area contributed by atoms with Gasteiger partial charge in [0, 0.05) is 5.56 Å². The van der Waals surface area contributed by atoms with Crippen LogP contribution in [0.4, 0.5) is 10.3 Å². The summed E-state index contributed by atoms with van der Waals surface area (Å²) in [5.74, 6) is -0.284. The first kappa shape index (κ1) is 18.4. The van der Waals surface area contributed by atoms with Gasteiger partial charge in [-0.1, -0.05) is 52.1 Å². The summed E-state index contributed by atoms with van der Waals surface area (Å²) in [6, 6.07) is 7.24. The molecule has 26 heavy (non-hydrogen) atoms. The Morgan fingerprint density at radius 1 is 0.962 bits per heavy atom. The van der Waals surface area contributed by atoms with Gasteiger partial charge in [-0.05, 0) is 26.0 Å². The molecule has 0 bridgehead atoms. The van der Waals surface area contributed by atoms with Crippen LogP contribution < -0.4 is 10.6 Å². The van der Waals surface area contributed by atoms with Crippen LogP contribution in [-0.2, 0) is 4.79 Å². The highest BCUT2D eigenvalue weighted by Crippen LogP contribution is 2.26. The number of nitrogens with zero attached hydrogens (tertiary/aromatic N) is 4. The number of hydrogen-bond donors (Lipinski definition) is 2. The third-order valence-corrected chi connectivity index (χ3v) is 5.77. The molecule has 11 heteroatoms. The molecular weight excluding hydrogens is 392 g/mol. The average Bonchev–Trinajstić information content (AvgIpc) is 3.22. The van der Waals surface area contributed by atoms with Crippen LogP contribution in [0.15, 0.2) is 28.6 Å². The van der Waals surface area contributed by atoms with Crippen molar-refractivity contribution in [2.75, 3.05) is 16.4 Å². The highest BCUT2D eigenvalue weighted by atomic mass is 32.2. The molecule has 0 radical (unpaired) electrons. The lowest BCUT2D eigenvalue weighted by molar-refractivity contribution is -0.113. The van der Waals surface area contributed by atoms with Crippen molar-refractivity contribution in [1.29, 1.82) is 0 Å². The minimum Gasteiger partial charge on any atom is -0.300 e. The first-order valence-corrected chi connectivity index (χ1v) is 10.1. The number of aryl methyl sites for hydroxylation is 2. The van der Waals surface area contributed by atoms with E-state index in [9.17, 15) is 9.59 Å². The van der Waals surface area contributed by atoms with E-state index >= 15 is 0 Å². The summed E-state index contributed by atoms with van der Waals surface area (Å²) >= 11 is 3.76. The van der Waals surface area contributed by atoms with Crippen molar-refractivity contribution >= 4 is 56.5 Å². The summed E-state index contributed by atoms with van der Waals surface area (Å²) in [5.41, 5.74) is 1.63. The zero-order chi connectivity index (χ0) is 18.5. The highest BCUT2D eigenvalue weighted by Gasteiger charge is 2.12. The molecule has 0 saturated carbocycles. The molecule has 2 aromatic heterocycles. The Morgan fingerprint density at radius 2 is 1.65 bits per heavy atom. The third-order valence-electron chi connectivity index (χ3n) is 3.04. The molecule has 3 rings (SSSR count). The SMILES string of the molecule is Cc1ccc(C(=O)Nc2nnc(SCC(=O)Nc3nnc(C)s3)s2)cc1. The Hall–Kier alpha value is -2.37. The predicted molar refractivity (Wildman–Crippen MR) is 103 cm³/mol. The minimum atomic E-state index is -0.248. The second kappa shape index (κ2) is 8.34. The van der Waals surface area contributed by atoms with Crippen LogP contribution >= 0.6 is 34.4 Å². The summed E-state index contributed by atoms with van der Waals surface area (Å²) in [4.78, 5) is 24.0. The van der Waals surface area contributed by atoms with E-state index in [0.29, 0.717) is 20.2 Å². The molecule has 0 aliphatic carbocycles. The number of carbonyl (C=O) groups excluding carboxylic acids is 2. The molecule has 8 nitrogen and oxygen atoms in total. The van der Waals surface area contributed by atoms with E-state index in [1.807, 2.05) is 26.0 Å². The molecule has 0 saturated heterocycles. The zero-order valence-corrected chi connectivity index (χ0v) is 16.3. The monoisotopic (exact) mass is 406 g/mol. The summed E-state index contributed by atoms with van der Waals surface area (Å²) in [5, 5.41) is 22.6. The summed E-state index contributed by atoms with van der Waals surface area (Å²) in [7, 11) is 0. The van der Waals surface area contributed by atoms with Gasteiger partial charge in [0.15, 0.2) is 4.34 Å². The number of thioether (sulfide) groups is 1. The fourth-order valence-corrected chi connectivity index (χ4v) is 3.98. The zero-order valence-electron chi connectivity index (χ0n) is 13.8. The molecule has 3 aromatic rings. The second-order valence-corrected chi connectivity index (χ2v) is 8.54. The van der Waals surface area contributed by atoms with E-state index in [0.717, 1.165) is 10.6 Å². The van der Waals surface area contributed by atoms with Crippen molar-refractivity contribution in [2.24, 2.45) is 0 Å². The highest BCUT2D eigenvalue weighted by molar-refractivity contribution is 8.01. The van der Waals surface area contributed by atoms with E-state index in [4.69, 9.17) is 0 Å². The van der Waals surface area contributed by atoms with Crippen LogP contribution in [0.5, 0.6) is 0 Å². The van der Waals surface area contributed by atoms with Gasteiger partial charge in [-0.2, -0.15) is 0 Å². The van der Waals surface area contributed by atoms with Crippen molar-refractivity contribution < 1.29 is 9.59 Å². The van der Waals surface area contributed by atoms with Crippen LogP contribution in [-0.4, -0.2) is 38.0 Å². The topological polar surface area (TPSA) is 110 Å². The number of nitrogens with one attached hydrogen (secondary N) is 2. The second-order valence-electron chi connectivity index (χ2n) is 5.16. The normalized spacial score (nSPS) is 10.5. The Morgan fingerprint density at radius 3 is 2.35 bits per heavy atom. The fraction of sp³-hybridized carbons (Fsp3) is 0.200. The largest absolute Gasteiger partial charge is 0.300 e. The maximum Gasteiger partial charge on any atom is 0.257 e. The van der Waals surface area contributed by atoms with Crippen LogP contribution in [0, 0.1) is 13.8 Å². The number of anilines is 2. The Bertz CT molecular complexity index is 922. The molecule has 2 amide bonds. The molecule has 0 aliphatic heterocycles. The van der Waals surface area contributed by atoms with Gasteiger partial charge >= 0.3 is 0 Å². The van der Waals surface area contributed by atoms with E-state index in [1.54, 1.807) is 12.1 Å². The van der Waals surface area contributed by atoms with Crippen molar-refractivity contribution in [3.63, 3.8) is 0 Å². The van der Waals surface area contributed by atoms with Gasteiger partial charge in [0.05, 0.1) is 5.75 Å². The number of benzene rings is 1. The van der Waals surface area contributed by atoms with Gasteiger partial charge in [-0.25, -0.2) is 0 Å². The number of hydrogen-bond acceptors (Lipinski definition) is 9. The average molecular weight is 407 g/mol. The van der Waals surface area contributed by atoms with Gasteiger partial charge < -0.3 is 0 Å². The molecule has 0 aliphatic rings. The quantitative estimate of drug-likeness (QED) is 0.478. The number of amides is 2. The van der Waals surface area contributed by atoms with Crippen LogP contribution in [0.25, 0.3) is 0 Å². The van der Waals surface area contributed by atoms with Gasteiger partial charge in [0.2, 0.25) is 16.2 Å². The van der Waals surface area contributed by atoms with Gasteiger partial charge in [0.1, 0.15) is 5.01 Å². The summed E-state index contributed by atoms with van der Waals surface area (Å²) in [6.07, 6.45) is 0. The molecule has 0 unspecified atom stereocenters. The number of rotatable bonds is 6. The van der Waals surface area contributed by atoms with Gasteiger partial charge in [0.25, 0.3) is 5.91 Å². The predicted octanol–water partition coefficient (Wildman–Crippen LogP) is 2.99. The number of aromatic nitrogens is 4. The number of carbonyl (C=O) groups is 2. The molecule has 134 valence electrons. The Labute approximate surface area is 161 Å². The van der Waals surface area contributed by atoms with Crippen LogP contribution in [0.3, 0.4) is 0 Å². The standard InChI is InChI=1S/C15H14N6O2S3/c1-8-3-5-10(6-4-8)12(23)17-14-20-21-15(26-14)24-7-11(22)16-13-19-18-9(2)25-13/h3-6H,7H2,1-2H3,(H,16,19,22)(H,17,20,23). The minimum absolute atomic E-state index is 0.166.